The molecule has 3 nitrogen and oxygen atoms in total. The van der Waals surface area contributed by atoms with Gasteiger partial charge in [0.1, 0.15) is 5.76 Å². The molecule has 124 valence electrons. The van der Waals surface area contributed by atoms with Gasteiger partial charge in [-0.15, -0.1) is 0 Å². The Morgan fingerprint density at radius 3 is 2.91 bits per heavy atom. The van der Waals surface area contributed by atoms with Crippen molar-refractivity contribution in [3.05, 3.63) is 35.4 Å². The second-order valence-corrected chi connectivity index (χ2v) is 8.30. The first-order chi connectivity index (χ1) is 11.0. The molecule has 3 aliphatic carbocycles. The number of hydrogen-bond acceptors (Lipinski definition) is 3. The lowest BCUT2D eigenvalue weighted by Gasteiger charge is -2.23. The van der Waals surface area contributed by atoms with Crippen molar-refractivity contribution in [3.63, 3.8) is 0 Å². The van der Waals surface area contributed by atoms with Gasteiger partial charge in [-0.25, -0.2) is 0 Å². The average molecular weight is 313 g/mol. The molecule has 1 aromatic rings. The summed E-state index contributed by atoms with van der Waals surface area (Å²) in [6.45, 7) is 6.72. The lowest BCUT2D eigenvalue weighted by Crippen LogP contribution is -2.33. The van der Waals surface area contributed by atoms with Crippen LogP contribution in [0.3, 0.4) is 0 Å². The van der Waals surface area contributed by atoms with Crippen LogP contribution in [-0.4, -0.2) is 11.8 Å². The first-order valence-corrected chi connectivity index (χ1v) is 9.01. The Kier molecular flexibility index (Phi) is 3.44. The van der Waals surface area contributed by atoms with Crippen molar-refractivity contribution in [1.82, 2.24) is 5.32 Å². The predicted octanol–water partition coefficient (Wildman–Crippen LogP) is 4.10. The van der Waals surface area contributed by atoms with Crippen LogP contribution in [0.4, 0.5) is 0 Å². The summed E-state index contributed by atoms with van der Waals surface area (Å²) in [6, 6.07) is 4.51. The first kappa shape index (κ1) is 15.0. The Bertz CT molecular complexity index is 641. The zero-order valence-electron chi connectivity index (χ0n) is 14.4. The van der Waals surface area contributed by atoms with Gasteiger partial charge in [0, 0.05) is 30.2 Å². The van der Waals surface area contributed by atoms with E-state index in [0.717, 1.165) is 29.9 Å². The maximum absolute atomic E-state index is 12.3. The van der Waals surface area contributed by atoms with Gasteiger partial charge in [-0.3, -0.25) is 4.79 Å². The lowest BCUT2D eigenvalue weighted by molar-refractivity contribution is -0.115. The standard InChI is InChI=1S/C20H27NO2/c1-12(18-17(22)11-15-19(18)20(15,2)3)21-16-8-4-6-13(16)10-14-7-5-9-23-14/h5,7,9,13,15-16,19,21H,4,6,8,10-11H2,1-3H3/b18-12+/t13-,15+,16+,19+/m0/s1. The molecule has 0 radical (unpaired) electrons. The number of carbonyl (C=O) groups is 1. The number of hydrogen-bond donors (Lipinski definition) is 1. The minimum atomic E-state index is 0.329. The van der Waals surface area contributed by atoms with E-state index in [4.69, 9.17) is 4.42 Å². The molecule has 0 aromatic carbocycles. The first-order valence-electron chi connectivity index (χ1n) is 9.01. The number of nitrogens with one attached hydrogen (secondary N) is 1. The second kappa shape index (κ2) is 5.25. The topological polar surface area (TPSA) is 42.2 Å². The summed E-state index contributed by atoms with van der Waals surface area (Å²) in [7, 11) is 0. The molecular weight excluding hydrogens is 286 g/mol. The predicted molar refractivity (Wildman–Crippen MR) is 89.8 cm³/mol. The van der Waals surface area contributed by atoms with E-state index in [1.54, 1.807) is 6.26 Å². The fraction of sp³-hybridized carbons (Fsp3) is 0.650. The fourth-order valence-electron chi connectivity index (χ4n) is 5.14. The number of furan rings is 1. The Balaban J connectivity index is 1.48. The Labute approximate surface area is 138 Å². The fourth-order valence-corrected chi connectivity index (χ4v) is 5.14. The van der Waals surface area contributed by atoms with Crippen molar-refractivity contribution in [2.24, 2.45) is 23.2 Å². The van der Waals surface area contributed by atoms with E-state index in [1.165, 1.54) is 19.3 Å². The van der Waals surface area contributed by atoms with E-state index in [2.05, 4.69) is 32.2 Å². The van der Waals surface area contributed by atoms with Crippen molar-refractivity contribution in [2.45, 2.75) is 58.9 Å². The highest BCUT2D eigenvalue weighted by atomic mass is 16.3. The van der Waals surface area contributed by atoms with Crippen molar-refractivity contribution in [1.29, 1.82) is 0 Å². The third-order valence-electron chi connectivity index (χ3n) is 6.58. The Morgan fingerprint density at radius 2 is 2.22 bits per heavy atom. The highest BCUT2D eigenvalue weighted by molar-refractivity contribution is 6.01. The van der Waals surface area contributed by atoms with Gasteiger partial charge in [0.2, 0.25) is 0 Å². The molecule has 0 saturated heterocycles. The number of fused-ring (bicyclic) bond motifs is 1. The van der Waals surface area contributed by atoms with Gasteiger partial charge in [0.15, 0.2) is 5.78 Å². The van der Waals surface area contributed by atoms with Gasteiger partial charge in [0.25, 0.3) is 0 Å². The van der Waals surface area contributed by atoms with Gasteiger partial charge in [-0.1, -0.05) is 20.3 Å². The zero-order chi connectivity index (χ0) is 16.2. The smallest absolute Gasteiger partial charge is 0.161 e. The lowest BCUT2D eigenvalue weighted by atomic mass is 9.94. The van der Waals surface area contributed by atoms with Crippen LogP contribution >= 0.6 is 0 Å². The third kappa shape index (κ3) is 2.45. The molecule has 23 heavy (non-hydrogen) atoms. The van der Waals surface area contributed by atoms with E-state index in [9.17, 15) is 4.79 Å². The maximum Gasteiger partial charge on any atom is 0.161 e. The van der Waals surface area contributed by atoms with Crippen LogP contribution < -0.4 is 5.32 Å². The molecule has 1 heterocycles. The van der Waals surface area contributed by atoms with E-state index in [-0.39, 0.29) is 0 Å². The van der Waals surface area contributed by atoms with Crippen molar-refractivity contribution in [3.8, 4) is 0 Å². The molecule has 0 aliphatic heterocycles. The van der Waals surface area contributed by atoms with Crippen LogP contribution in [0.5, 0.6) is 0 Å². The highest BCUT2D eigenvalue weighted by Crippen LogP contribution is 2.68. The normalized spacial score (nSPS) is 36.9. The van der Waals surface area contributed by atoms with Gasteiger partial charge >= 0.3 is 0 Å². The molecule has 3 fully saturated rings. The number of ketones is 1. The summed E-state index contributed by atoms with van der Waals surface area (Å²) in [5.41, 5.74) is 2.57. The summed E-state index contributed by atoms with van der Waals surface area (Å²) >= 11 is 0. The molecule has 3 aliphatic rings. The molecule has 3 saturated carbocycles. The van der Waals surface area contributed by atoms with E-state index in [0.29, 0.717) is 35.0 Å². The molecule has 4 atom stereocenters. The van der Waals surface area contributed by atoms with Crippen molar-refractivity contribution < 1.29 is 9.21 Å². The molecule has 0 amide bonds. The molecule has 0 spiro atoms. The Hall–Kier alpha value is -1.51. The van der Waals surface area contributed by atoms with Crippen LogP contribution in [0, 0.1) is 23.2 Å². The van der Waals surface area contributed by atoms with Gasteiger partial charge < -0.3 is 9.73 Å². The third-order valence-corrected chi connectivity index (χ3v) is 6.58. The number of allylic oxidation sites excluding steroid dienone is 2. The van der Waals surface area contributed by atoms with Gasteiger partial charge in [0.05, 0.1) is 6.26 Å². The molecule has 0 bridgehead atoms. The minimum absolute atomic E-state index is 0.329. The number of Topliss-reactive ketones (excluding diaryl/α,β-unsaturated/α-hetero) is 1. The van der Waals surface area contributed by atoms with E-state index >= 15 is 0 Å². The second-order valence-electron chi connectivity index (χ2n) is 8.30. The van der Waals surface area contributed by atoms with E-state index < -0.39 is 0 Å². The van der Waals surface area contributed by atoms with Crippen LogP contribution in [0.2, 0.25) is 0 Å². The summed E-state index contributed by atoms with van der Waals surface area (Å²) in [5, 5.41) is 3.73. The van der Waals surface area contributed by atoms with Crippen LogP contribution in [0.1, 0.15) is 52.2 Å². The van der Waals surface area contributed by atoms with Gasteiger partial charge in [-0.2, -0.15) is 0 Å². The number of carbonyl (C=O) groups excluding carboxylic acids is 1. The van der Waals surface area contributed by atoms with Gasteiger partial charge in [-0.05, 0) is 55.1 Å². The van der Waals surface area contributed by atoms with E-state index in [1.807, 2.05) is 6.07 Å². The summed E-state index contributed by atoms with van der Waals surface area (Å²) < 4.78 is 5.52. The minimum Gasteiger partial charge on any atom is -0.469 e. The molecular formula is C20H27NO2. The monoisotopic (exact) mass is 313 g/mol. The SMILES string of the molecule is C/C(N[C@@H]1CCC[C@H]1Cc1ccco1)=C1/C(=O)C[C@@H]2[C@H]1C2(C)C. The zero-order valence-corrected chi connectivity index (χ0v) is 14.4. The van der Waals surface area contributed by atoms with Crippen molar-refractivity contribution >= 4 is 5.78 Å². The quantitative estimate of drug-likeness (QED) is 0.851. The maximum atomic E-state index is 12.3. The Morgan fingerprint density at radius 1 is 1.39 bits per heavy atom. The van der Waals surface area contributed by atoms with Crippen LogP contribution in [-0.2, 0) is 11.2 Å². The highest BCUT2D eigenvalue weighted by Gasteiger charge is 2.65. The summed E-state index contributed by atoms with van der Waals surface area (Å²) in [5.74, 6) is 3.15. The summed E-state index contributed by atoms with van der Waals surface area (Å²) in [4.78, 5) is 12.3. The average Bonchev–Trinajstić information content (AvgIpc) is 3.04. The molecule has 4 rings (SSSR count). The molecule has 1 aromatic heterocycles. The number of rotatable bonds is 4. The van der Waals surface area contributed by atoms with Crippen molar-refractivity contribution in [2.75, 3.05) is 0 Å². The van der Waals surface area contributed by atoms with Crippen LogP contribution in [0.25, 0.3) is 0 Å². The molecule has 3 heteroatoms. The molecule has 1 N–H and O–H groups in total. The van der Waals surface area contributed by atoms with Crippen LogP contribution in [0.15, 0.2) is 34.1 Å². The molecule has 0 unspecified atom stereocenters. The summed E-state index contributed by atoms with van der Waals surface area (Å²) in [6.07, 6.45) is 7.21. The largest absolute Gasteiger partial charge is 0.469 e.